The maximum atomic E-state index is 12.4. The average molecular weight is 313 g/mol. The van der Waals surface area contributed by atoms with Gasteiger partial charge in [0, 0.05) is 6.04 Å². The lowest BCUT2D eigenvalue weighted by molar-refractivity contribution is -0.128. The third-order valence-corrected chi connectivity index (χ3v) is 6.07. The van der Waals surface area contributed by atoms with Crippen molar-refractivity contribution in [2.24, 2.45) is 11.8 Å². The van der Waals surface area contributed by atoms with Gasteiger partial charge < -0.3 is 10.1 Å². The fourth-order valence-corrected chi connectivity index (χ4v) is 4.76. The van der Waals surface area contributed by atoms with Crippen LogP contribution in [-0.2, 0) is 17.6 Å². The Bertz CT molecular complexity index is 597. The number of hydrogen-bond donors (Lipinski definition) is 1. The third kappa shape index (κ3) is 3.11. The molecular weight excluding hydrogens is 286 g/mol. The van der Waals surface area contributed by atoms with Crippen molar-refractivity contribution in [3.63, 3.8) is 0 Å². The van der Waals surface area contributed by atoms with Crippen LogP contribution in [0.1, 0.15) is 56.6 Å². The van der Waals surface area contributed by atoms with E-state index in [0.717, 1.165) is 18.1 Å². The molecule has 0 heterocycles. The highest BCUT2D eigenvalue weighted by atomic mass is 16.5. The van der Waals surface area contributed by atoms with Gasteiger partial charge in [0.1, 0.15) is 5.75 Å². The molecular formula is C20H27NO2. The summed E-state index contributed by atoms with van der Waals surface area (Å²) in [5.41, 5.74) is 2.84. The van der Waals surface area contributed by atoms with Crippen molar-refractivity contribution in [1.82, 2.24) is 5.32 Å². The molecule has 0 radical (unpaired) electrons. The van der Waals surface area contributed by atoms with Crippen LogP contribution in [0, 0.1) is 11.8 Å². The summed E-state index contributed by atoms with van der Waals surface area (Å²) < 4.78 is 5.92. The molecule has 0 spiro atoms. The van der Waals surface area contributed by atoms with Gasteiger partial charge in [-0.2, -0.15) is 0 Å². The number of hydrogen-bond acceptors (Lipinski definition) is 2. The van der Waals surface area contributed by atoms with Crippen molar-refractivity contribution < 1.29 is 9.53 Å². The molecule has 1 aromatic carbocycles. The normalized spacial score (nSPS) is 29.9. The predicted octanol–water partition coefficient (Wildman–Crippen LogP) is 3.64. The Morgan fingerprint density at radius 1 is 1.17 bits per heavy atom. The standard InChI is InChI=1S/C20H27NO2/c1-13(20(22)21-19-11-14-6-7-17(19)10-14)23-18-9-8-15-4-2-3-5-16(15)12-18/h8-9,12-14,17,19H,2-7,10-11H2,1H3,(H,21,22). The predicted molar refractivity (Wildman–Crippen MR) is 90.6 cm³/mol. The summed E-state index contributed by atoms with van der Waals surface area (Å²) in [7, 11) is 0. The molecule has 4 atom stereocenters. The number of rotatable bonds is 4. The smallest absolute Gasteiger partial charge is 0.261 e. The summed E-state index contributed by atoms with van der Waals surface area (Å²) in [6, 6.07) is 6.71. The molecule has 2 fully saturated rings. The molecule has 4 unspecified atom stereocenters. The maximum absolute atomic E-state index is 12.4. The summed E-state index contributed by atoms with van der Waals surface area (Å²) in [6.07, 6.45) is 9.57. The molecule has 3 nitrogen and oxygen atoms in total. The average Bonchev–Trinajstić information content (AvgIpc) is 3.17. The molecule has 1 N–H and O–H groups in total. The molecule has 4 rings (SSSR count). The molecule has 2 saturated carbocycles. The first-order valence-corrected chi connectivity index (χ1v) is 9.28. The number of ether oxygens (including phenoxy) is 1. The van der Waals surface area contributed by atoms with Crippen LogP contribution in [0.4, 0.5) is 0 Å². The van der Waals surface area contributed by atoms with E-state index in [0.29, 0.717) is 12.0 Å². The van der Waals surface area contributed by atoms with Crippen molar-refractivity contribution in [3.05, 3.63) is 29.3 Å². The topological polar surface area (TPSA) is 38.3 Å². The number of nitrogens with one attached hydrogen (secondary N) is 1. The second kappa shape index (κ2) is 6.18. The van der Waals surface area contributed by atoms with E-state index >= 15 is 0 Å². The number of benzene rings is 1. The number of carbonyl (C=O) groups is 1. The Balaban J connectivity index is 1.35. The van der Waals surface area contributed by atoms with E-state index in [1.54, 1.807) is 0 Å². The zero-order chi connectivity index (χ0) is 15.8. The van der Waals surface area contributed by atoms with Gasteiger partial charge in [-0.05, 0) is 87.0 Å². The summed E-state index contributed by atoms with van der Waals surface area (Å²) in [6.45, 7) is 1.86. The van der Waals surface area contributed by atoms with Crippen molar-refractivity contribution in [2.75, 3.05) is 0 Å². The van der Waals surface area contributed by atoms with E-state index < -0.39 is 6.10 Å². The van der Waals surface area contributed by atoms with Crippen LogP contribution in [0.3, 0.4) is 0 Å². The highest BCUT2D eigenvalue weighted by Crippen LogP contribution is 2.44. The molecule has 3 aliphatic carbocycles. The zero-order valence-corrected chi connectivity index (χ0v) is 14.0. The number of aryl methyl sites for hydroxylation is 2. The lowest BCUT2D eigenvalue weighted by Gasteiger charge is -2.25. The van der Waals surface area contributed by atoms with Crippen LogP contribution in [0.2, 0.25) is 0 Å². The van der Waals surface area contributed by atoms with Crippen molar-refractivity contribution in [3.8, 4) is 5.75 Å². The molecule has 0 aliphatic heterocycles. The number of fused-ring (bicyclic) bond motifs is 3. The van der Waals surface area contributed by atoms with E-state index in [9.17, 15) is 4.79 Å². The van der Waals surface area contributed by atoms with Crippen molar-refractivity contribution in [2.45, 2.75) is 70.4 Å². The molecule has 124 valence electrons. The zero-order valence-electron chi connectivity index (χ0n) is 14.0. The minimum atomic E-state index is -0.421. The Hall–Kier alpha value is -1.51. The fourth-order valence-electron chi connectivity index (χ4n) is 4.76. The summed E-state index contributed by atoms with van der Waals surface area (Å²) in [5.74, 6) is 2.43. The number of amides is 1. The Morgan fingerprint density at radius 2 is 2.00 bits per heavy atom. The van der Waals surface area contributed by atoms with Crippen LogP contribution in [0.5, 0.6) is 5.75 Å². The lowest BCUT2D eigenvalue weighted by atomic mass is 9.92. The van der Waals surface area contributed by atoms with Gasteiger partial charge in [0.05, 0.1) is 0 Å². The molecule has 23 heavy (non-hydrogen) atoms. The van der Waals surface area contributed by atoms with E-state index in [1.807, 2.05) is 13.0 Å². The molecule has 0 aromatic heterocycles. The van der Waals surface area contributed by atoms with Crippen LogP contribution in [0.25, 0.3) is 0 Å². The van der Waals surface area contributed by atoms with Gasteiger partial charge in [0.15, 0.2) is 6.10 Å². The molecule has 2 bridgehead atoms. The van der Waals surface area contributed by atoms with Crippen LogP contribution in [0.15, 0.2) is 18.2 Å². The second-order valence-corrected chi connectivity index (χ2v) is 7.69. The summed E-state index contributed by atoms with van der Waals surface area (Å²) in [4.78, 5) is 12.4. The maximum Gasteiger partial charge on any atom is 0.261 e. The third-order valence-electron chi connectivity index (χ3n) is 6.07. The Labute approximate surface area is 138 Å². The van der Waals surface area contributed by atoms with Gasteiger partial charge in [0.25, 0.3) is 5.91 Å². The first-order valence-electron chi connectivity index (χ1n) is 9.28. The van der Waals surface area contributed by atoms with Crippen molar-refractivity contribution in [1.29, 1.82) is 0 Å². The van der Waals surface area contributed by atoms with Gasteiger partial charge in [-0.3, -0.25) is 4.79 Å². The van der Waals surface area contributed by atoms with E-state index in [2.05, 4.69) is 17.4 Å². The van der Waals surface area contributed by atoms with Gasteiger partial charge >= 0.3 is 0 Å². The van der Waals surface area contributed by atoms with E-state index in [1.165, 1.54) is 56.1 Å². The molecule has 1 amide bonds. The van der Waals surface area contributed by atoms with Crippen LogP contribution < -0.4 is 10.1 Å². The second-order valence-electron chi connectivity index (χ2n) is 7.69. The first kappa shape index (κ1) is 15.0. The first-order chi connectivity index (χ1) is 11.2. The summed E-state index contributed by atoms with van der Waals surface area (Å²) >= 11 is 0. The lowest BCUT2D eigenvalue weighted by Crippen LogP contribution is -2.44. The quantitative estimate of drug-likeness (QED) is 0.921. The van der Waals surface area contributed by atoms with Crippen LogP contribution >= 0.6 is 0 Å². The largest absolute Gasteiger partial charge is 0.481 e. The number of carbonyl (C=O) groups excluding carboxylic acids is 1. The molecule has 1 aromatic rings. The minimum absolute atomic E-state index is 0.0419. The SMILES string of the molecule is CC(Oc1ccc2c(c1)CCCC2)C(=O)NC1CC2CCC1C2. The van der Waals surface area contributed by atoms with Gasteiger partial charge in [0.2, 0.25) is 0 Å². The molecule has 3 aliphatic rings. The van der Waals surface area contributed by atoms with Crippen LogP contribution in [-0.4, -0.2) is 18.1 Å². The van der Waals surface area contributed by atoms with E-state index in [4.69, 9.17) is 4.74 Å². The fraction of sp³-hybridized carbons (Fsp3) is 0.650. The highest BCUT2D eigenvalue weighted by Gasteiger charge is 2.40. The molecule has 3 heteroatoms. The van der Waals surface area contributed by atoms with E-state index in [-0.39, 0.29) is 5.91 Å². The monoisotopic (exact) mass is 313 g/mol. The Kier molecular flexibility index (Phi) is 4.04. The highest BCUT2D eigenvalue weighted by molar-refractivity contribution is 5.81. The van der Waals surface area contributed by atoms with Gasteiger partial charge in [-0.1, -0.05) is 12.5 Å². The van der Waals surface area contributed by atoms with Crippen molar-refractivity contribution >= 4 is 5.91 Å². The van der Waals surface area contributed by atoms with Gasteiger partial charge in [-0.25, -0.2) is 0 Å². The summed E-state index contributed by atoms with van der Waals surface area (Å²) in [5, 5.41) is 3.23. The molecule has 0 saturated heterocycles. The Morgan fingerprint density at radius 3 is 2.74 bits per heavy atom. The van der Waals surface area contributed by atoms with Gasteiger partial charge in [-0.15, -0.1) is 0 Å². The minimum Gasteiger partial charge on any atom is -0.481 e.